The van der Waals surface area contributed by atoms with Crippen molar-refractivity contribution in [2.75, 3.05) is 13.1 Å². The van der Waals surface area contributed by atoms with E-state index in [2.05, 4.69) is 14.9 Å². The van der Waals surface area contributed by atoms with Crippen LogP contribution in [0.25, 0.3) is 11.4 Å². The Hall–Kier alpha value is -2.75. The zero-order valence-corrected chi connectivity index (χ0v) is 18.8. The monoisotopic (exact) mass is 474 g/mol. The van der Waals surface area contributed by atoms with Gasteiger partial charge in [0.05, 0.1) is 4.90 Å². The summed E-state index contributed by atoms with van der Waals surface area (Å²) in [7, 11) is -3.56. The van der Waals surface area contributed by atoms with Gasteiger partial charge in [-0.25, -0.2) is 13.1 Å². The zero-order chi connectivity index (χ0) is 22.6. The molecular formula is C22H23ClN4O4S. The highest BCUT2D eigenvalue weighted by molar-refractivity contribution is 7.89. The van der Waals surface area contributed by atoms with Crippen molar-refractivity contribution < 1.29 is 17.7 Å². The molecule has 0 atom stereocenters. The van der Waals surface area contributed by atoms with E-state index in [0.29, 0.717) is 49.1 Å². The average molecular weight is 475 g/mol. The van der Waals surface area contributed by atoms with Crippen LogP contribution in [0.3, 0.4) is 0 Å². The summed E-state index contributed by atoms with van der Waals surface area (Å²) >= 11 is 5.89. The van der Waals surface area contributed by atoms with Crippen molar-refractivity contribution in [3.8, 4) is 11.4 Å². The number of aryl methyl sites for hydroxylation is 1. The second-order valence-electron chi connectivity index (χ2n) is 7.61. The first-order valence-corrected chi connectivity index (χ1v) is 12.2. The van der Waals surface area contributed by atoms with Gasteiger partial charge in [-0.2, -0.15) is 4.98 Å². The second-order valence-corrected chi connectivity index (χ2v) is 9.76. The Morgan fingerprint density at radius 1 is 1.09 bits per heavy atom. The largest absolute Gasteiger partial charge is 0.343 e. The molecule has 1 fully saturated rings. The predicted molar refractivity (Wildman–Crippen MR) is 119 cm³/mol. The number of aromatic nitrogens is 2. The van der Waals surface area contributed by atoms with E-state index in [4.69, 9.17) is 16.1 Å². The van der Waals surface area contributed by atoms with Gasteiger partial charge in [0.15, 0.2) is 0 Å². The van der Waals surface area contributed by atoms with Crippen LogP contribution in [0.1, 0.15) is 25.2 Å². The first kappa shape index (κ1) is 22.4. The number of benzene rings is 2. The molecule has 2 heterocycles. The number of carbonyl (C=O) groups excluding carboxylic acids is 1. The van der Waals surface area contributed by atoms with Gasteiger partial charge in [-0.05, 0) is 49.2 Å². The van der Waals surface area contributed by atoms with E-state index < -0.39 is 10.0 Å². The summed E-state index contributed by atoms with van der Waals surface area (Å²) in [6, 6.07) is 15.2. The van der Waals surface area contributed by atoms with E-state index in [-0.39, 0.29) is 23.3 Å². The molecule has 32 heavy (non-hydrogen) atoms. The number of likely N-dealkylation sites (tertiary alicyclic amines) is 1. The van der Waals surface area contributed by atoms with Crippen molar-refractivity contribution in [1.82, 2.24) is 19.8 Å². The number of halogens is 1. The Kier molecular flexibility index (Phi) is 6.88. The number of nitrogens with zero attached hydrogens (tertiary/aromatic N) is 3. The van der Waals surface area contributed by atoms with Crippen LogP contribution in [0.4, 0.5) is 0 Å². The Morgan fingerprint density at radius 2 is 1.78 bits per heavy atom. The van der Waals surface area contributed by atoms with Gasteiger partial charge in [0.25, 0.3) is 0 Å². The SMILES string of the molecule is O=C(CCc1nc(-c2ccc(Cl)cc2)no1)N1CCC(NS(=O)(=O)c2ccccc2)CC1. The fourth-order valence-corrected chi connectivity index (χ4v) is 5.03. The van der Waals surface area contributed by atoms with E-state index in [1.54, 1.807) is 59.5 Å². The minimum absolute atomic E-state index is 0.0133. The molecule has 1 aromatic heterocycles. The molecule has 10 heteroatoms. The van der Waals surface area contributed by atoms with Gasteiger partial charge < -0.3 is 9.42 Å². The van der Waals surface area contributed by atoms with Crippen molar-refractivity contribution in [2.24, 2.45) is 0 Å². The molecule has 1 saturated heterocycles. The molecular weight excluding hydrogens is 452 g/mol. The van der Waals surface area contributed by atoms with Gasteiger partial charge in [0.2, 0.25) is 27.6 Å². The van der Waals surface area contributed by atoms with Crippen molar-refractivity contribution in [2.45, 2.75) is 36.6 Å². The molecule has 1 aliphatic rings. The number of amides is 1. The van der Waals surface area contributed by atoms with E-state index in [0.717, 1.165) is 5.56 Å². The molecule has 0 radical (unpaired) electrons. The maximum atomic E-state index is 12.6. The molecule has 8 nitrogen and oxygen atoms in total. The molecule has 0 saturated carbocycles. The normalized spacial score (nSPS) is 15.1. The molecule has 1 aliphatic heterocycles. The van der Waals surface area contributed by atoms with Crippen LogP contribution in [-0.4, -0.2) is 48.5 Å². The molecule has 168 valence electrons. The lowest BCUT2D eigenvalue weighted by molar-refractivity contribution is -0.132. The molecule has 3 aromatic rings. The Labute approximate surface area is 191 Å². The van der Waals surface area contributed by atoms with Gasteiger partial charge in [-0.3, -0.25) is 4.79 Å². The van der Waals surface area contributed by atoms with E-state index >= 15 is 0 Å². The number of carbonyl (C=O) groups is 1. The molecule has 0 spiro atoms. The Balaban J connectivity index is 1.25. The van der Waals surface area contributed by atoms with Crippen molar-refractivity contribution in [1.29, 1.82) is 0 Å². The van der Waals surface area contributed by atoms with Crippen LogP contribution >= 0.6 is 11.6 Å². The van der Waals surface area contributed by atoms with Gasteiger partial charge in [-0.15, -0.1) is 0 Å². The van der Waals surface area contributed by atoms with Gasteiger partial charge >= 0.3 is 0 Å². The summed E-state index contributed by atoms with van der Waals surface area (Å²) in [5.74, 6) is 0.838. The average Bonchev–Trinajstić information content (AvgIpc) is 3.28. The molecule has 0 bridgehead atoms. The van der Waals surface area contributed by atoms with Crippen LogP contribution in [-0.2, 0) is 21.2 Å². The molecule has 4 rings (SSSR count). The molecule has 1 amide bonds. The Bertz CT molecular complexity index is 1160. The third-order valence-corrected chi connectivity index (χ3v) is 7.13. The minimum atomic E-state index is -3.56. The third-order valence-electron chi connectivity index (χ3n) is 5.35. The van der Waals surface area contributed by atoms with Gasteiger partial charge in [0.1, 0.15) is 0 Å². The van der Waals surface area contributed by atoms with E-state index in [1.165, 1.54) is 0 Å². The smallest absolute Gasteiger partial charge is 0.240 e. The van der Waals surface area contributed by atoms with Crippen LogP contribution in [0.2, 0.25) is 5.02 Å². The highest BCUT2D eigenvalue weighted by Gasteiger charge is 2.26. The van der Waals surface area contributed by atoms with E-state index in [1.807, 2.05) is 0 Å². The second kappa shape index (κ2) is 9.81. The zero-order valence-electron chi connectivity index (χ0n) is 17.3. The van der Waals surface area contributed by atoms with Gasteiger partial charge in [0, 0.05) is 42.6 Å². The maximum Gasteiger partial charge on any atom is 0.240 e. The fraction of sp³-hybridized carbons (Fsp3) is 0.318. The quantitative estimate of drug-likeness (QED) is 0.563. The topological polar surface area (TPSA) is 105 Å². The number of nitrogens with one attached hydrogen (secondary N) is 1. The molecule has 0 aliphatic carbocycles. The predicted octanol–water partition coefficient (Wildman–Crippen LogP) is 3.29. The molecule has 0 unspecified atom stereocenters. The molecule has 2 aromatic carbocycles. The summed E-state index contributed by atoms with van der Waals surface area (Å²) < 4.78 is 33.0. The maximum absolute atomic E-state index is 12.6. The van der Waals surface area contributed by atoms with Crippen LogP contribution in [0.15, 0.2) is 64.0 Å². The number of hydrogen-bond acceptors (Lipinski definition) is 6. The fourth-order valence-electron chi connectivity index (χ4n) is 3.58. The van der Waals surface area contributed by atoms with E-state index in [9.17, 15) is 13.2 Å². The van der Waals surface area contributed by atoms with Crippen LogP contribution in [0.5, 0.6) is 0 Å². The highest BCUT2D eigenvalue weighted by Crippen LogP contribution is 2.20. The first-order valence-electron chi connectivity index (χ1n) is 10.3. The highest BCUT2D eigenvalue weighted by atomic mass is 35.5. The summed E-state index contributed by atoms with van der Waals surface area (Å²) in [5, 5.41) is 4.58. The lowest BCUT2D eigenvalue weighted by Gasteiger charge is -2.32. The standard InChI is InChI=1S/C22H23ClN4O4S/c23-17-8-6-16(7-9-17)22-24-20(31-25-22)10-11-21(28)27-14-12-18(13-15-27)26-32(29,30)19-4-2-1-3-5-19/h1-9,18,26H,10-15H2. The number of hydrogen-bond donors (Lipinski definition) is 1. The number of piperidine rings is 1. The number of rotatable bonds is 7. The van der Waals surface area contributed by atoms with Gasteiger partial charge in [-0.1, -0.05) is 35.0 Å². The summed E-state index contributed by atoms with van der Waals surface area (Å²) in [5.41, 5.74) is 0.788. The third kappa shape index (κ3) is 5.53. The van der Waals surface area contributed by atoms with Crippen molar-refractivity contribution >= 4 is 27.5 Å². The summed E-state index contributed by atoms with van der Waals surface area (Å²) in [4.78, 5) is 18.9. The van der Waals surface area contributed by atoms with Crippen molar-refractivity contribution in [3.05, 3.63) is 65.5 Å². The number of sulfonamides is 1. The lowest BCUT2D eigenvalue weighted by atomic mass is 10.1. The molecule has 1 N–H and O–H groups in total. The Morgan fingerprint density at radius 3 is 2.47 bits per heavy atom. The van der Waals surface area contributed by atoms with Crippen LogP contribution < -0.4 is 4.72 Å². The van der Waals surface area contributed by atoms with Crippen molar-refractivity contribution in [3.63, 3.8) is 0 Å². The first-order chi connectivity index (χ1) is 15.4. The summed E-state index contributed by atoms with van der Waals surface area (Å²) in [6.07, 6.45) is 1.74. The van der Waals surface area contributed by atoms with Crippen LogP contribution in [0, 0.1) is 0 Å². The lowest BCUT2D eigenvalue weighted by Crippen LogP contribution is -2.46. The minimum Gasteiger partial charge on any atom is -0.343 e. The summed E-state index contributed by atoms with van der Waals surface area (Å²) in [6.45, 7) is 1.00.